The largest absolute Gasteiger partial charge is 0.327 e. The van der Waals surface area contributed by atoms with Crippen LogP contribution in [0.5, 0.6) is 0 Å². The molecule has 19 heavy (non-hydrogen) atoms. The summed E-state index contributed by atoms with van der Waals surface area (Å²) >= 11 is 0. The number of aryl methyl sites for hydroxylation is 1. The molecule has 1 atom stereocenters. The smallest absolute Gasteiger partial charge is 0.147 e. The standard InChI is InChI=1S/C13H19N3O2S/c1-3-16-12-7-5-4-6-11(12)15-13(16)10(14)8-9-19(2,17)18/h4-7,10H,3,8-9,14H2,1-2H3. The Hall–Kier alpha value is -1.40. The highest BCUT2D eigenvalue weighted by molar-refractivity contribution is 7.90. The summed E-state index contributed by atoms with van der Waals surface area (Å²) in [6.07, 6.45) is 1.62. The zero-order chi connectivity index (χ0) is 14.0. The molecule has 0 aliphatic heterocycles. The molecule has 0 saturated carbocycles. The van der Waals surface area contributed by atoms with E-state index in [0.717, 1.165) is 23.4 Å². The molecule has 0 aliphatic rings. The van der Waals surface area contributed by atoms with Crippen LogP contribution in [0, 0.1) is 0 Å². The first-order valence-corrected chi connectivity index (χ1v) is 8.37. The van der Waals surface area contributed by atoms with Crippen LogP contribution in [-0.4, -0.2) is 30.0 Å². The van der Waals surface area contributed by atoms with Gasteiger partial charge in [-0.25, -0.2) is 13.4 Å². The van der Waals surface area contributed by atoms with Crippen molar-refractivity contribution in [3.63, 3.8) is 0 Å². The fourth-order valence-electron chi connectivity index (χ4n) is 2.18. The van der Waals surface area contributed by atoms with E-state index in [2.05, 4.69) is 4.98 Å². The molecule has 104 valence electrons. The van der Waals surface area contributed by atoms with Crippen molar-refractivity contribution in [3.8, 4) is 0 Å². The fourth-order valence-corrected chi connectivity index (χ4v) is 2.86. The third kappa shape index (κ3) is 3.13. The third-order valence-corrected chi connectivity index (χ3v) is 4.11. The number of hydrogen-bond donors (Lipinski definition) is 1. The number of benzene rings is 1. The zero-order valence-electron chi connectivity index (χ0n) is 11.2. The molecule has 0 radical (unpaired) electrons. The molecular formula is C13H19N3O2S. The Bertz CT molecular complexity index is 676. The molecule has 2 aromatic rings. The predicted octanol–water partition coefficient (Wildman–Crippen LogP) is 1.49. The van der Waals surface area contributed by atoms with Gasteiger partial charge in [0.05, 0.1) is 22.8 Å². The minimum atomic E-state index is -2.99. The molecule has 2 N–H and O–H groups in total. The van der Waals surface area contributed by atoms with E-state index in [0.29, 0.717) is 6.42 Å². The maximum Gasteiger partial charge on any atom is 0.147 e. The molecule has 1 heterocycles. The number of nitrogens with two attached hydrogens (primary N) is 1. The van der Waals surface area contributed by atoms with Crippen molar-refractivity contribution in [2.75, 3.05) is 12.0 Å². The van der Waals surface area contributed by atoms with Gasteiger partial charge in [0, 0.05) is 12.8 Å². The lowest BCUT2D eigenvalue weighted by molar-refractivity contribution is 0.573. The number of hydrogen-bond acceptors (Lipinski definition) is 4. The lowest BCUT2D eigenvalue weighted by Gasteiger charge is -2.12. The minimum absolute atomic E-state index is 0.0844. The fraction of sp³-hybridized carbons (Fsp3) is 0.462. The van der Waals surface area contributed by atoms with Crippen molar-refractivity contribution in [1.29, 1.82) is 0 Å². The maximum atomic E-state index is 11.2. The van der Waals surface area contributed by atoms with E-state index in [9.17, 15) is 8.42 Å². The molecule has 2 rings (SSSR count). The average molecular weight is 281 g/mol. The van der Waals surface area contributed by atoms with Crippen LogP contribution in [0.25, 0.3) is 11.0 Å². The first kappa shape index (κ1) is 14.0. The molecule has 0 spiro atoms. The van der Waals surface area contributed by atoms with E-state index in [1.807, 2.05) is 35.8 Å². The molecule has 0 amide bonds. The number of imidazole rings is 1. The molecule has 1 aromatic carbocycles. The van der Waals surface area contributed by atoms with Gasteiger partial charge in [-0.15, -0.1) is 0 Å². The second kappa shape index (κ2) is 5.30. The van der Waals surface area contributed by atoms with Crippen molar-refractivity contribution in [3.05, 3.63) is 30.1 Å². The normalized spacial score (nSPS) is 13.8. The van der Waals surface area contributed by atoms with Gasteiger partial charge in [0.15, 0.2) is 0 Å². The maximum absolute atomic E-state index is 11.2. The number of para-hydroxylation sites is 2. The Morgan fingerprint density at radius 3 is 2.68 bits per heavy atom. The second-order valence-electron chi connectivity index (χ2n) is 4.73. The molecule has 5 nitrogen and oxygen atoms in total. The van der Waals surface area contributed by atoms with Gasteiger partial charge in [-0.05, 0) is 25.5 Å². The highest BCUT2D eigenvalue weighted by Crippen LogP contribution is 2.21. The van der Waals surface area contributed by atoms with Crippen LogP contribution in [0.3, 0.4) is 0 Å². The third-order valence-electron chi connectivity index (χ3n) is 3.13. The van der Waals surface area contributed by atoms with Crippen LogP contribution in [-0.2, 0) is 16.4 Å². The van der Waals surface area contributed by atoms with Crippen LogP contribution in [0.2, 0.25) is 0 Å². The number of sulfone groups is 1. The van der Waals surface area contributed by atoms with E-state index >= 15 is 0 Å². The summed E-state index contributed by atoms with van der Waals surface area (Å²) < 4.78 is 24.5. The van der Waals surface area contributed by atoms with Gasteiger partial charge in [0.25, 0.3) is 0 Å². The molecule has 0 fully saturated rings. The summed E-state index contributed by atoms with van der Waals surface area (Å²) in [6.45, 7) is 2.79. The first-order chi connectivity index (χ1) is 8.92. The Labute approximate surface area is 113 Å². The Morgan fingerprint density at radius 2 is 2.05 bits per heavy atom. The molecular weight excluding hydrogens is 262 g/mol. The SMILES string of the molecule is CCn1c(C(N)CCS(C)(=O)=O)nc2ccccc21. The van der Waals surface area contributed by atoms with Gasteiger partial charge in [-0.2, -0.15) is 0 Å². The highest BCUT2D eigenvalue weighted by Gasteiger charge is 2.17. The van der Waals surface area contributed by atoms with Crippen LogP contribution < -0.4 is 5.73 Å². The molecule has 1 unspecified atom stereocenters. The molecule has 0 aliphatic carbocycles. The van der Waals surface area contributed by atoms with E-state index in [-0.39, 0.29) is 11.8 Å². The summed E-state index contributed by atoms with van der Waals surface area (Å²) in [5, 5.41) is 0. The molecule has 6 heteroatoms. The summed E-state index contributed by atoms with van der Waals surface area (Å²) in [5.41, 5.74) is 8.03. The molecule has 0 saturated heterocycles. The summed E-state index contributed by atoms with van der Waals surface area (Å²) in [4.78, 5) is 4.53. The van der Waals surface area contributed by atoms with Crippen molar-refractivity contribution >= 4 is 20.9 Å². The van der Waals surface area contributed by atoms with Crippen LogP contribution in [0.4, 0.5) is 0 Å². The number of nitrogens with zero attached hydrogens (tertiary/aromatic N) is 2. The van der Waals surface area contributed by atoms with Crippen LogP contribution in [0.1, 0.15) is 25.2 Å². The van der Waals surface area contributed by atoms with Crippen LogP contribution in [0.15, 0.2) is 24.3 Å². The van der Waals surface area contributed by atoms with Crippen molar-refractivity contribution in [1.82, 2.24) is 9.55 Å². The van der Waals surface area contributed by atoms with Gasteiger partial charge in [0.1, 0.15) is 15.7 Å². The number of aromatic nitrogens is 2. The Kier molecular flexibility index (Phi) is 3.91. The van der Waals surface area contributed by atoms with Gasteiger partial charge in [-0.3, -0.25) is 0 Å². The van der Waals surface area contributed by atoms with E-state index in [1.165, 1.54) is 6.26 Å². The van der Waals surface area contributed by atoms with Crippen molar-refractivity contribution in [2.45, 2.75) is 25.9 Å². The average Bonchev–Trinajstić information content (AvgIpc) is 2.73. The highest BCUT2D eigenvalue weighted by atomic mass is 32.2. The minimum Gasteiger partial charge on any atom is -0.327 e. The summed E-state index contributed by atoms with van der Waals surface area (Å²) in [6, 6.07) is 7.47. The van der Waals surface area contributed by atoms with Gasteiger partial charge < -0.3 is 10.3 Å². The van der Waals surface area contributed by atoms with Gasteiger partial charge in [-0.1, -0.05) is 12.1 Å². The van der Waals surface area contributed by atoms with E-state index < -0.39 is 9.84 Å². The quantitative estimate of drug-likeness (QED) is 0.900. The van der Waals surface area contributed by atoms with Gasteiger partial charge in [0.2, 0.25) is 0 Å². The predicted molar refractivity (Wildman–Crippen MR) is 76.7 cm³/mol. The second-order valence-corrected chi connectivity index (χ2v) is 6.99. The monoisotopic (exact) mass is 281 g/mol. The summed E-state index contributed by atoms with van der Waals surface area (Å²) in [5.74, 6) is 0.841. The zero-order valence-corrected chi connectivity index (χ0v) is 12.0. The number of fused-ring (bicyclic) bond motifs is 1. The first-order valence-electron chi connectivity index (χ1n) is 6.31. The van der Waals surface area contributed by atoms with Gasteiger partial charge >= 0.3 is 0 Å². The van der Waals surface area contributed by atoms with E-state index in [4.69, 9.17) is 5.73 Å². The van der Waals surface area contributed by atoms with Crippen molar-refractivity contribution in [2.24, 2.45) is 5.73 Å². The number of rotatable bonds is 5. The Balaban J connectivity index is 2.33. The Morgan fingerprint density at radius 1 is 1.37 bits per heavy atom. The lowest BCUT2D eigenvalue weighted by atomic mass is 10.2. The van der Waals surface area contributed by atoms with Crippen molar-refractivity contribution < 1.29 is 8.42 Å². The summed E-state index contributed by atoms with van der Waals surface area (Å²) in [7, 11) is -2.99. The lowest BCUT2D eigenvalue weighted by Crippen LogP contribution is -2.19. The molecule has 1 aromatic heterocycles. The molecule has 0 bridgehead atoms. The van der Waals surface area contributed by atoms with E-state index in [1.54, 1.807) is 0 Å². The van der Waals surface area contributed by atoms with Crippen LogP contribution >= 0.6 is 0 Å². The topological polar surface area (TPSA) is 78.0 Å².